The van der Waals surface area contributed by atoms with Crippen LogP contribution in [0.1, 0.15) is 13.8 Å². The molecule has 0 aliphatic carbocycles. The van der Waals surface area contributed by atoms with Crippen molar-refractivity contribution in [3.8, 4) is 5.75 Å². The molecule has 0 spiro atoms. The zero-order chi connectivity index (χ0) is 22.0. The maximum absolute atomic E-state index is 12.7. The van der Waals surface area contributed by atoms with Gasteiger partial charge in [-0.25, -0.2) is 8.42 Å². The summed E-state index contributed by atoms with van der Waals surface area (Å²) in [7, 11) is -8.44. The van der Waals surface area contributed by atoms with Crippen LogP contribution < -0.4 is 0 Å². The summed E-state index contributed by atoms with van der Waals surface area (Å²) in [4.78, 5) is -0.836. The van der Waals surface area contributed by atoms with E-state index in [1.165, 1.54) is 12.1 Å². The normalized spacial score (nSPS) is 12.8. The topological polar surface area (TPSA) is 137 Å². The molecular weight excluding hydrogens is 465 g/mol. The summed E-state index contributed by atoms with van der Waals surface area (Å²) >= 11 is 11.9. The zero-order valence-electron chi connectivity index (χ0n) is 15.2. The number of rotatable bonds is 7. The molecule has 2 aromatic carbocycles. The van der Waals surface area contributed by atoms with E-state index >= 15 is 0 Å². The van der Waals surface area contributed by atoms with Crippen LogP contribution in [0, 0.1) is 0 Å². The second-order valence-corrected chi connectivity index (χ2v) is 9.79. The van der Waals surface area contributed by atoms with Gasteiger partial charge in [-0.05, 0) is 30.3 Å². The SMILES string of the molecule is CCN(CC)S(=O)(=O)c1cc(/N=N/c2ccc(S(=O)(=O)O)cc2Cl)cc(Cl)c1O. The molecule has 0 aliphatic heterocycles. The van der Waals surface area contributed by atoms with E-state index in [2.05, 4.69) is 10.2 Å². The summed E-state index contributed by atoms with van der Waals surface area (Å²) in [5.41, 5.74) is 0.0878. The number of phenols is 1. The van der Waals surface area contributed by atoms with Crippen molar-refractivity contribution in [2.24, 2.45) is 10.2 Å². The molecule has 0 atom stereocenters. The molecule has 158 valence electrons. The van der Waals surface area contributed by atoms with Crippen LogP contribution >= 0.6 is 23.2 Å². The monoisotopic (exact) mass is 481 g/mol. The van der Waals surface area contributed by atoms with Gasteiger partial charge in [-0.2, -0.15) is 17.8 Å². The van der Waals surface area contributed by atoms with E-state index in [4.69, 9.17) is 27.8 Å². The average Bonchev–Trinajstić information content (AvgIpc) is 2.63. The smallest absolute Gasteiger partial charge is 0.294 e. The Balaban J connectivity index is 2.49. The van der Waals surface area contributed by atoms with E-state index in [0.717, 1.165) is 22.5 Å². The van der Waals surface area contributed by atoms with Gasteiger partial charge in [0, 0.05) is 13.1 Å². The van der Waals surface area contributed by atoms with Gasteiger partial charge in [0.1, 0.15) is 10.6 Å². The van der Waals surface area contributed by atoms with E-state index in [9.17, 15) is 21.9 Å². The minimum atomic E-state index is -4.43. The van der Waals surface area contributed by atoms with Crippen molar-refractivity contribution in [2.75, 3.05) is 13.1 Å². The Morgan fingerprint density at radius 3 is 2.10 bits per heavy atom. The third-order valence-electron chi connectivity index (χ3n) is 3.83. The van der Waals surface area contributed by atoms with E-state index in [1.54, 1.807) is 13.8 Å². The summed E-state index contributed by atoms with van der Waals surface area (Å²) < 4.78 is 57.8. The lowest BCUT2D eigenvalue weighted by Crippen LogP contribution is -2.30. The predicted octanol–water partition coefficient (Wildman–Crippen LogP) is 4.39. The average molecular weight is 482 g/mol. The summed E-state index contributed by atoms with van der Waals surface area (Å²) in [5.74, 6) is -0.604. The minimum absolute atomic E-state index is 0.0217. The lowest BCUT2D eigenvalue weighted by molar-refractivity contribution is 0.429. The van der Waals surface area contributed by atoms with Crippen molar-refractivity contribution >= 4 is 54.7 Å². The summed E-state index contributed by atoms with van der Waals surface area (Å²) in [5, 5.41) is 17.5. The highest BCUT2D eigenvalue weighted by Gasteiger charge is 2.27. The molecule has 0 aromatic heterocycles. The van der Waals surface area contributed by atoms with Gasteiger partial charge in [0.15, 0.2) is 5.75 Å². The Morgan fingerprint density at radius 1 is 0.966 bits per heavy atom. The van der Waals surface area contributed by atoms with Crippen LogP contribution in [0.15, 0.2) is 50.4 Å². The van der Waals surface area contributed by atoms with Crippen molar-refractivity contribution in [1.82, 2.24) is 4.31 Å². The maximum atomic E-state index is 12.7. The van der Waals surface area contributed by atoms with Crippen LogP contribution in [-0.4, -0.2) is 43.9 Å². The number of sulfonamides is 1. The number of aromatic hydroxyl groups is 1. The van der Waals surface area contributed by atoms with Crippen LogP contribution in [0.3, 0.4) is 0 Å². The molecule has 0 amide bonds. The molecule has 0 bridgehead atoms. The number of azo groups is 1. The first kappa shape index (κ1) is 23.5. The first-order valence-corrected chi connectivity index (χ1v) is 11.8. The van der Waals surface area contributed by atoms with Gasteiger partial charge in [0.05, 0.1) is 20.6 Å². The fourth-order valence-electron chi connectivity index (χ4n) is 2.36. The fraction of sp³-hybridized carbons (Fsp3) is 0.250. The molecule has 0 heterocycles. The predicted molar refractivity (Wildman–Crippen MR) is 109 cm³/mol. The van der Waals surface area contributed by atoms with E-state index in [-0.39, 0.29) is 34.5 Å². The molecule has 0 unspecified atom stereocenters. The second-order valence-electron chi connectivity index (χ2n) is 5.65. The molecule has 2 N–H and O–H groups in total. The highest BCUT2D eigenvalue weighted by atomic mass is 35.5. The molecule has 0 saturated heterocycles. The van der Waals surface area contributed by atoms with Gasteiger partial charge in [0.25, 0.3) is 10.1 Å². The molecule has 0 fully saturated rings. The van der Waals surface area contributed by atoms with Gasteiger partial charge in [-0.1, -0.05) is 37.0 Å². The van der Waals surface area contributed by atoms with Gasteiger partial charge in [0.2, 0.25) is 10.0 Å². The number of hydrogen-bond acceptors (Lipinski definition) is 7. The lowest BCUT2D eigenvalue weighted by atomic mass is 10.3. The first-order valence-electron chi connectivity index (χ1n) is 8.13. The minimum Gasteiger partial charge on any atom is -0.505 e. The van der Waals surface area contributed by atoms with Crippen LogP contribution in [0.2, 0.25) is 10.0 Å². The van der Waals surface area contributed by atoms with Crippen molar-refractivity contribution in [1.29, 1.82) is 0 Å². The van der Waals surface area contributed by atoms with Crippen LogP contribution in [0.25, 0.3) is 0 Å². The van der Waals surface area contributed by atoms with Gasteiger partial charge in [-0.15, -0.1) is 5.11 Å². The summed E-state index contributed by atoms with van der Waals surface area (Å²) in [6, 6.07) is 5.60. The molecule has 29 heavy (non-hydrogen) atoms. The Bertz CT molecular complexity index is 1160. The van der Waals surface area contributed by atoms with Crippen molar-refractivity contribution in [3.63, 3.8) is 0 Å². The molecule has 2 rings (SSSR count). The third kappa shape index (κ3) is 5.24. The number of phenolic OH excluding ortho intramolecular Hbond substituents is 1. The third-order valence-corrected chi connectivity index (χ3v) is 7.33. The van der Waals surface area contributed by atoms with E-state index in [1.807, 2.05) is 0 Å². The van der Waals surface area contributed by atoms with Crippen LogP contribution in [0.4, 0.5) is 11.4 Å². The zero-order valence-corrected chi connectivity index (χ0v) is 18.4. The second kappa shape index (κ2) is 8.94. The van der Waals surface area contributed by atoms with Crippen molar-refractivity contribution in [2.45, 2.75) is 23.6 Å². The summed E-state index contributed by atoms with van der Waals surface area (Å²) in [6.07, 6.45) is 0. The molecular formula is C16H17Cl2N3O6S2. The molecule has 0 aliphatic rings. The molecule has 0 radical (unpaired) electrons. The number of benzene rings is 2. The standard InChI is InChI=1S/C16H17Cl2N3O6S2/c1-3-21(4-2)28(23,24)15-8-10(7-13(18)16(15)22)19-20-14-6-5-11(9-12(14)17)29(25,26)27/h5-9,22H,3-4H2,1-2H3,(H,25,26,27)/b20-19+. The number of nitrogens with zero attached hydrogens (tertiary/aromatic N) is 3. The Hall–Kier alpha value is -1.76. The lowest BCUT2D eigenvalue weighted by Gasteiger charge is -2.19. The van der Waals surface area contributed by atoms with Crippen molar-refractivity contribution < 1.29 is 26.5 Å². The van der Waals surface area contributed by atoms with Crippen molar-refractivity contribution in [3.05, 3.63) is 40.4 Å². The molecule has 0 saturated carbocycles. The Morgan fingerprint density at radius 2 is 1.59 bits per heavy atom. The van der Waals surface area contributed by atoms with Gasteiger partial charge >= 0.3 is 0 Å². The number of hydrogen-bond donors (Lipinski definition) is 2. The van der Waals surface area contributed by atoms with E-state index in [0.29, 0.717) is 0 Å². The largest absolute Gasteiger partial charge is 0.505 e. The van der Waals surface area contributed by atoms with Crippen LogP contribution in [-0.2, 0) is 20.1 Å². The van der Waals surface area contributed by atoms with Crippen LogP contribution in [0.5, 0.6) is 5.75 Å². The highest BCUT2D eigenvalue weighted by molar-refractivity contribution is 7.89. The molecule has 9 nitrogen and oxygen atoms in total. The van der Waals surface area contributed by atoms with E-state index < -0.39 is 35.7 Å². The first-order chi connectivity index (χ1) is 13.4. The summed E-state index contributed by atoms with van der Waals surface area (Å²) in [6.45, 7) is 3.69. The van der Waals surface area contributed by atoms with Gasteiger partial charge in [-0.3, -0.25) is 4.55 Å². The Kier molecular flexibility index (Phi) is 7.25. The highest BCUT2D eigenvalue weighted by Crippen LogP contribution is 2.38. The Labute approximate surface area is 178 Å². The van der Waals surface area contributed by atoms with Gasteiger partial charge < -0.3 is 5.11 Å². The fourth-order valence-corrected chi connectivity index (χ4v) is 5.00. The maximum Gasteiger partial charge on any atom is 0.294 e. The molecule has 2 aromatic rings. The number of halogens is 2. The quantitative estimate of drug-likeness (QED) is 0.444. The molecule has 13 heteroatoms.